The highest BCUT2D eigenvalue weighted by atomic mass is 32.2. The summed E-state index contributed by atoms with van der Waals surface area (Å²) in [6, 6.07) is 3.01. The average molecular weight is 349 g/mol. The normalized spacial score (nSPS) is 19.1. The third-order valence-corrected chi connectivity index (χ3v) is 5.67. The summed E-state index contributed by atoms with van der Waals surface area (Å²) in [5, 5.41) is 5.44. The summed E-state index contributed by atoms with van der Waals surface area (Å²) in [4.78, 5) is 20.4. The first-order chi connectivity index (χ1) is 11.4. The Morgan fingerprint density at radius 3 is 2.88 bits per heavy atom. The van der Waals surface area contributed by atoms with E-state index in [0.29, 0.717) is 13.0 Å². The van der Waals surface area contributed by atoms with Crippen molar-refractivity contribution in [3.05, 3.63) is 42.1 Å². The van der Waals surface area contributed by atoms with E-state index in [1.54, 1.807) is 12.4 Å². The number of hydrogen-bond donors (Lipinski definition) is 2. The Hall–Kier alpha value is -2.42. The van der Waals surface area contributed by atoms with Gasteiger partial charge in [0.1, 0.15) is 11.6 Å². The standard InChI is InChI=1S/C15H19N5O3S/c1-11-16-5-6-20(11)14-8-12(2-4-17-14)9-18-15(21)19-13-3-7-24(22,23)10-13/h2,4-6,8,13H,3,7,9-10H2,1H3,(H2,18,19,21). The molecule has 9 heteroatoms. The van der Waals surface area contributed by atoms with E-state index in [9.17, 15) is 13.2 Å². The molecular weight excluding hydrogens is 330 g/mol. The number of hydrogen-bond acceptors (Lipinski definition) is 5. The van der Waals surface area contributed by atoms with Crippen molar-refractivity contribution in [1.82, 2.24) is 25.2 Å². The van der Waals surface area contributed by atoms with E-state index in [4.69, 9.17) is 0 Å². The molecule has 0 spiro atoms. The van der Waals surface area contributed by atoms with Gasteiger partial charge in [0.2, 0.25) is 0 Å². The van der Waals surface area contributed by atoms with E-state index in [1.807, 2.05) is 29.8 Å². The summed E-state index contributed by atoms with van der Waals surface area (Å²) in [5.74, 6) is 1.70. The lowest BCUT2D eigenvalue weighted by Crippen LogP contribution is -2.42. The van der Waals surface area contributed by atoms with E-state index < -0.39 is 9.84 Å². The highest BCUT2D eigenvalue weighted by Gasteiger charge is 2.28. The Kier molecular flexibility index (Phi) is 4.52. The van der Waals surface area contributed by atoms with Gasteiger partial charge in [0.05, 0.1) is 11.5 Å². The molecule has 0 radical (unpaired) electrons. The van der Waals surface area contributed by atoms with Gasteiger partial charge in [-0.05, 0) is 31.0 Å². The zero-order valence-corrected chi connectivity index (χ0v) is 14.1. The zero-order chi connectivity index (χ0) is 17.2. The Morgan fingerprint density at radius 1 is 1.38 bits per heavy atom. The molecule has 24 heavy (non-hydrogen) atoms. The molecule has 1 atom stereocenters. The fourth-order valence-corrected chi connectivity index (χ4v) is 4.32. The number of carbonyl (C=O) groups excluding carboxylic acids is 1. The van der Waals surface area contributed by atoms with Crippen LogP contribution in [-0.2, 0) is 16.4 Å². The molecule has 1 fully saturated rings. The van der Waals surface area contributed by atoms with E-state index in [1.165, 1.54) is 0 Å². The first kappa shape index (κ1) is 16.4. The molecule has 3 rings (SSSR count). The number of sulfone groups is 1. The van der Waals surface area contributed by atoms with Gasteiger partial charge < -0.3 is 10.6 Å². The minimum absolute atomic E-state index is 0.0136. The van der Waals surface area contributed by atoms with Crippen molar-refractivity contribution in [1.29, 1.82) is 0 Å². The number of carbonyl (C=O) groups is 1. The van der Waals surface area contributed by atoms with Gasteiger partial charge in [-0.25, -0.2) is 23.2 Å². The number of aryl methyl sites for hydroxylation is 1. The number of aromatic nitrogens is 3. The second-order valence-corrected chi connectivity index (χ2v) is 8.02. The number of nitrogens with one attached hydrogen (secondary N) is 2. The summed E-state index contributed by atoms with van der Waals surface area (Å²) in [7, 11) is -3.00. The summed E-state index contributed by atoms with van der Waals surface area (Å²) >= 11 is 0. The SMILES string of the molecule is Cc1nccn1-c1cc(CNC(=O)NC2CCS(=O)(=O)C2)ccn1. The quantitative estimate of drug-likeness (QED) is 0.839. The van der Waals surface area contributed by atoms with Crippen LogP contribution in [0.2, 0.25) is 0 Å². The molecule has 0 aromatic carbocycles. The van der Waals surface area contributed by atoms with Gasteiger partial charge in [0.15, 0.2) is 9.84 Å². The number of rotatable bonds is 4. The topological polar surface area (TPSA) is 106 Å². The van der Waals surface area contributed by atoms with E-state index in [-0.39, 0.29) is 23.6 Å². The monoisotopic (exact) mass is 349 g/mol. The van der Waals surface area contributed by atoms with Crippen LogP contribution in [0.1, 0.15) is 17.8 Å². The van der Waals surface area contributed by atoms with Crippen molar-refractivity contribution in [3.63, 3.8) is 0 Å². The van der Waals surface area contributed by atoms with Crippen LogP contribution in [0.15, 0.2) is 30.7 Å². The van der Waals surface area contributed by atoms with Crippen molar-refractivity contribution in [2.45, 2.75) is 25.9 Å². The van der Waals surface area contributed by atoms with Crippen LogP contribution >= 0.6 is 0 Å². The third kappa shape index (κ3) is 3.91. The van der Waals surface area contributed by atoms with Crippen molar-refractivity contribution in [2.75, 3.05) is 11.5 Å². The zero-order valence-electron chi connectivity index (χ0n) is 13.3. The molecule has 2 aromatic heterocycles. The maximum absolute atomic E-state index is 11.9. The van der Waals surface area contributed by atoms with Crippen molar-refractivity contribution >= 4 is 15.9 Å². The Morgan fingerprint density at radius 2 is 2.21 bits per heavy atom. The first-order valence-electron chi connectivity index (χ1n) is 7.63. The molecule has 3 heterocycles. The van der Waals surface area contributed by atoms with E-state index in [2.05, 4.69) is 20.6 Å². The highest BCUT2D eigenvalue weighted by molar-refractivity contribution is 7.91. The summed E-state index contributed by atoms with van der Waals surface area (Å²) < 4.78 is 24.6. The second-order valence-electron chi connectivity index (χ2n) is 5.79. The lowest BCUT2D eigenvalue weighted by Gasteiger charge is -2.12. The molecule has 2 N–H and O–H groups in total. The van der Waals surface area contributed by atoms with Crippen LogP contribution in [0.5, 0.6) is 0 Å². The summed E-state index contributed by atoms with van der Waals surface area (Å²) in [6.07, 6.45) is 5.66. The van der Waals surface area contributed by atoms with Gasteiger partial charge in [-0.1, -0.05) is 0 Å². The Labute approximate surface area is 140 Å². The predicted molar refractivity (Wildman–Crippen MR) is 88.5 cm³/mol. The predicted octanol–water partition coefficient (Wildman–Crippen LogP) is 0.562. The Bertz CT molecular complexity index is 846. The maximum Gasteiger partial charge on any atom is 0.315 e. The van der Waals surface area contributed by atoms with Crippen molar-refractivity contribution in [2.24, 2.45) is 0 Å². The number of urea groups is 1. The van der Waals surface area contributed by atoms with Crippen molar-refractivity contribution < 1.29 is 13.2 Å². The molecule has 128 valence electrons. The largest absolute Gasteiger partial charge is 0.334 e. The maximum atomic E-state index is 11.9. The van der Waals surface area contributed by atoms with Crippen LogP contribution in [-0.4, -0.2) is 46.5 Å². The van der Waals surface area contributed by atoms with Gasteiger partial charge in [-0.2, -0.15) is 0 Å². The van der Waals surface area contributed by atoms with E-state index >= 15 is 0 Å². The minimum atomic E-state index is -3.00. The molecule has 1 aliphatic heterocycles. The Balaban J connectivity index is 1.57. The number of pyridine rings is 1. The van der Waals surface area contributed by atoms with Gasteiger partial charge in [0, 0.05) is 31.2 Å². The number of amides is 2. The molecule has 8 nitrogen and oxygen atoms in total. The fraction of sp³-hybridized carbons (Fsp3) is 0.400. The highest BCUT2D eigenvalue weighted by Crippen LogP contribution is 2.11. The van der Waals surface area contributed by atoms with Crippen LogP contribution in [0, 0.1) is 6.92 Å². The molecule has 0 aliphatic carbocycles. The van der Waals surface area contributed by atoms with Gasteiger partial charge in [0.25, 0.3) is 0 Å². The third-order valence-electron chi connectivity index (χ3n) is 3.90. The van der Waals surface area contributed by atoms with Gasteiger partial charge in [-0.3, -0.25) is 4.57 Å². The summed E-state index contributed by atoms with van der Waals surface area (Å²) in [6.45, 7) is 2.21. The lowest BCUT2D eigenvalue weighted by atomic mass is 10.2. The summed E-state index contributed by atoms with van der Waals surface area (Å²) in [5.41, 5.74) is 0.891. The second kappa shape index (κ2) is 6.60. The average Bonchev–Trinajstić information content (AvgIpc) is 3.11. The van der Waals surface area contributed by atoms with Crippen LogP contribution in [0.25, 0.3) is 5.82 Å². The number of nitrogens with zero attached hydrogens (tertiary/aromatic N) is 3. The van der Waals surface area contributed by atoms with Crippen LogP contribution < -0.4 is 10.6 Å². The smallest absolute Gasteiger partial charge is 0.315 e. The molecule has 2 aromatic rings. The minimum Gasteiger partial charge on any atom is -0.334 e. The first-order valence-corrected chi connectivity index (χ1v) is 9.45. The number of imidazole rings is 1. The van der Waals surface area contributed by atoms with Crippen molar-refractivity contribution in [3.8, 4) is 5.82 Å². The van der Waals surface area contributed by atoms with Crippen LogP contribution in [0.4, 0.5) is 4.79 Å². The van der Waals surface area contributed by atoms with E-state index in [0.717, 1.165) is 17.2 Å². The molecule has 1 saturated heterocycles. The molecule has 2 amide bonds. The molecule has 0 saturated carbocycles. The molecule has 1 unspecified atom stereocenters. The van der Waals surface area contributed by atoms with Gasteiger partial charge in [-0.15, -0.1) is 0 Å². The van der Waals surface area contributed by atoms with Crippen LogP contribution in [0.3, 0.4) is 0 Å². The lowest BCUT2D eigenvalue weighted by molar-refractivity contribution is 0.237. The molecule has 1 aliphatic rings. The fourth-order valence-electron chi connectivity index (χ4n) is 2.65. The molecule has 0 bridgehead atoms. The molecular formula is C15H19N5O3S. The van der Waals surface area contributed by atoms with Gasteiger partial charge >= 0.3 is 6.03 Å².